The van der Waals surface area contributed by atoms with E-state index in [1.54, 1.807) is 24.7 Å². The van der Waals surface area contributed by atoms with Gasteiger partial charge in [-0.2, -0.15) is 9.78 Å². The van der Waals surface area contributed by atoms with E-state index in [0.29, 0.717) is 38.4 Å². The molecule has 0 bridgehead atoms. The van der Waals surface area contributed by atoms with Crippen molar-refractivity contribution in [3.05, 3.63) is 46.1 Å². The van der Waals surface area contributed by atoms with Crippen molar-refractivity contribution >= 4 is 0 Å². The van der Waals surface area contributed by atoms with Gasteiger partial charge in [0, 0.05) is 30.8 Å². The highest BCUT2D eigenvalue weighted by molar-refractivity contribution is 5.28. The first kappa shape index (κ1) is 12.6. The van der Waals surface area contributed by atoms with Crippen molar-refractivity contribution in [1.82, 2.24) is 19.7 Å². The summed E-state index contributed by atoms with van der Waals surface area (Å²) >= 11 is 0. The average Bonchev–Trinajstić information content (AvgIpc) is 2.96. The highest BCUT2D eigenvalue weighted by Gasteiger charge is 2.40. The predicted molar refractivity (Wildman–Crippen MR) is 72.1 cm³/mol. The lowest BCUT2D eigenvalue weighted by Crippen LogP contribution is -2.40. The zero-order valence-corrected chi connectivity index (χ0v) is 11.4. The molecule has 3 heterocycles. The van der Waals surface area contributed by atoms with Gasteiger partial charge < -0.3 is 9.47 Å². The lowest BCUT2D eigenvalue weighted by Gasteiger charge is -2.32. The summed E-state index contributed by atoms with van der Waals surface area (Å²) in [7, 11) is 0. The lowest BCUT2D eigenvalue weighted by molar-refractivity contribution is -0.164. The number of aromatic nitrogens is 4. The van der Waals surface area contributed by atoms with Crippen molar-refractivity contribution in [1.29, 1.82) is 0 Å². The Bertz CT molecular complexity index is 723. The average molecular weight is 286 g/mol. The van der Waals surface area contributed by atoms with Crippen LogP contribution in [0.5, 0.6) is 0 Å². The van der Waals surface area contributed by atoms with E-state index in [0.717, 1.165) is 11.1 Å². The molecule has 108 valence electrons. The van der Waals surface area contributed by atoms with Crippen LogP contribution in [-0.4, -0.2) is 38.7 Å². The van der Waals surface area contributed by atoms with Crippen molar-refractivity contribution < 1.29 is 9.47 Å². The largest absolute Gasteiger partial charge is 0.347 e. The highest BCUT2D eigenvalue weighted by Crippen LogP contribution is 2.33. The fraction of sp³-hybridized carbons (Fsp3) is 0.429. The molecule has 1 fully saturated rings. The van der Waals surface area contributed by atoms with Crippen LogP contribution in [0.2, 0.25) is 0 Å². The summed E-state index contributed by atoms with van der Waals surface area (Å²) in [5, 5.41) is 4.18. The van der Waals surface area contributed by atoms with E-state index in [2.05, 4.69) is 15.1 Å². The van der Waals surface area contributed by atoms with Crippen molar-refractivity contribution in [2.45, 2.75) is 25.0 Å². The fourth-order valence-corrected chi connectivity index (χ4v) is 2.92. The standard InChI is InChI=1S/C14H14N4O3/c19-12-11-2-3-14(20-6-7-21-14)8-10(11)9-17-18(12)13-15-4-1-5-16-13/h1,4-5,9H,2-3,6-8H2. The number of ether oxygens (including phenoxy) is 2. The second kappa shape index (κ2) is 4.71. The third-order valence-electron chi connectivity index (χ3n) is 3.94. The van der Waals surface area contributed by atoms with Gasteiger partial charge in [-0.25, -0.2) is 9.97 Å². The van der Waals surface area contributed by atoms with Crippen molar-refractivity contribution in [2.24, 2.45) is 0 Å². The van der Waals surface area contributed by atoms with E-state index in [1.807, 2.05) is 0 Å². The highest BCUT2D eigenvalue weighted by atomic mass is 16.7. The molecule has 0 N–H and O–H groups in total. The minimum absolute atomic E-state index is 0.161. The normalized spacial score (nSPS) is 19.6. The van der Waals surface area contributed by atoms with Crippen LogP contribution in [0.3, 0.4) is 0 Å². The van der Waals surface area contributed by atoms with Gasteiger partial charge in [-0.05, 0) is 18.1 Å². The number of hydrogen-bond acceptors (Lipinski definition) is 6. The van der Waals surface area contributed by atoms with Crippen molar-refractivity contribution in [3.63, 3.8) is 0 Å². The molecule has 7 heteroatoms. The predicted octanol–water partition coefficient (Wildman–Crippen LogP) is 0.254. The number of hydrogen-bond donors (Lipinski definition) is 0. The summed E-state index contributed by atoms with van der Waals surface area (Å²) in [6, 6.07) is 1.70. The molecule has 2 aromatic heterocycles. The van der Waals surface area contributed by atoms with E-state index < -0.39 is 5.79 Å². The molecule has 4 rings (SSSR count). The van der Waals surface area contributed by atoms with Gasteiger partial charge in [0.05, 0.1) is 19.4 Å². The number of rotatable bonds is 1. The molecule has 0 unspecified atom stereocenters. The number of nitrogens with zero attached hydrogens (tertiary/aromatic N) is 4. The molecule has 0 atom stereocenters. The van der Waals surface area contributed by atoms with Crippen molar-refractivity contribution in [3.8, 4) is 5.95 Å². The zero-order valence-electron chi connectivity index (χ0n) is 11.4. The molecule has 0 radical (unpaired) electrons. The lowest BCUT2D eigenvalue weighted by atomic mass is 9.89. The Labute approximate surface area is 120 Å². The van der Waals surface area contributed by atoms with Crippen LogP contribution < -0.4 is 5.56 Å². The quantitative estimate of drug-likeness (QED) is 0.748. The van der Waals surface area contributed by atoms with Gasteiger partial charge in [0.2, 0.25) is 0 Å². The van der Waals surface area contributed by atoms with E-state index in [-0.39, 0.29) is 5.56 Å². The van der Waals surface area contributed by atoms with Crippen LogP contribution >= 0.6 is 0 Å². The molecule has 21 heavy (non-hydrogen) atoms. The molecule has 2 aliphatic rings. The van der Waals surface area contributed by atoms with Crippen molar-refractivity contribution in [2.75, 3.05) is 13.2 Å². The van der Waals surface area contributed by atoms with Crippen LogP contribution in [0.25, 0.3) is 5.95 Å². The van der Waals surface area contributed by atoms with Crippen LogP contribution in [-0.2, 0) is 22.3 Å². The van der Waals surface area contributed by atoms with Gasteiger partial charge in [-0.3, -0.25) is 4.79 Å². The smallest absolute Gasteiger partial charge is 0.277 e. The fourth-order valence-electron chi connectivity index (χ4n) is 2.92. The third kappa shape index (κ3) is 2.05. The van der Waals surface area contributed by atoms with Gasteiger partial charge in [0.25, 0.3) is 11.5 Å². The second-order valence-electron chi connectivity index (χ2n) is 5.20. The molecule has 2 aromatic rings. The van der Waals surface area contributed by atoms with Gasteiger partial charge >= 0.3 is 0 Å². The van der Waals surface area contributed by atoms with E-state index in [4.69, 9.17) is 9.47 Å². The zero-order chi connectivity index (χ0) is 14.3. The maximum atomic E-state index is 12.6. The van der Waals surface area contributed by atoms with Gasteiger partial charge in [0.15, 0.2) is 5.79 Å². The van der Waals surface area contributed by atoms with Crippen LogP contribution in [0.15, 0.2) is 29.5 Å². The molecule has 7 nitrogen and oxygen atoms in total. The molecular weight excluding hydrogens is 272 g/mol. The second-order valence-corrected chi connectivity index (χ2v) is 5.20. The first-order valence-corrected chi connectivity index (χ1v) is 6.93. The molecule has 1 spiro atoms. The minimum atomic E-state index is -0.559. The Kier molecular flexibility index (Phi) is 2.83. The van der Waals surface area contributed by atoms with E-state index in [1.165, 1.54) is 4.68 Å². The maximum absolute atomic E-state index is 12.6. The van der Waals surface area contributed by atoms with E-state index >= 15 is 0 Å². The Morgan fingerprint density at radius 2 is 1.95 bits per heavy atom. The number of fused-ring (bicyclic) bond motifs is 1. The Morgan fingerprint density at radius 3 is 2.71 bits per heavy atom. The molecule has 0 amide bonds. The maximum Gasteiger partial charge on any atom is 0.277 e. The van der Waals surface area contributed by atoms with Gasteiger partial charge in [-0.15, -0.1) is 0 Å². The molecule has 1 aliphatic carbocycles. The SMILES string of the molecule is O=c1c2c(cnn1-c1ncccn1)CC1(CC2)OCCO1. The monoisotopic (exact) mass is 286 g/mol. The Balaban J connectivity index is 1.75. The van der Waals surface area contributed by atoms with Gasteiger partial charge in [0.1, 0.15) is 0 Å². The topological polar surface area (TPSA) is 79.1 Å². The first-order valence-electron chi connectivity index (χ1n) is 6.93. The molecule has 1 aliphatic heterocycles. The summed E-state index contributed by atoms with van der Waals surface area (Å²) < 4.78 is 12.7. The first-order chi connectivity index (χ1) is 10.3. The van der Waals surface area contributed by atoms with Crippen LogP contribution in [0.4, 0.5) is 0 Å². The Hall–Kier alpha value is -2.12. The molecule has 0 aromatic carbocycles. The summed E-state index contributed by atoms with van der Waals surface area (Å²) in [4.78, 5) is 20.7. The molecule has 0 saturated carbocycles. The minimum Gasteiger partial charge on any atom is -0.347 e. The summed E-state index contributed by atoms with van der Waals surface area (Å²) in [6.45, 7) is 1.22. The van der Waals surface area contributed by atoms with E-state index in [9.17, 15) is 4.79 Å². The van der Waals surface area contributed by atoms with Crippen LogP contribution in [0, 0.1) is 0 Å². The summed E-state index contributed by atoms with van der Waals surface area (Å²) in [5.41, 5.74) is 1.48. The third-order valence-corrected chi connectivity index (χ3v) is 3.94. The Morgan fingerprint density at radius 1 is 1.19 bits per heavy atom. The van der Waals surface area contributed by atoms with Crippen LogP contribution in [0.1, 0.15) is 17.5 Å². The van der Waals surface area contributed by atoms with Gasteiger partial charge in [-0.1, -0.05) is 0 Å². The summed E-state index contributed by atoms with van der Waals surface area (Å²) in [6.07, 6.45) is 6.74. The summed E-state index contributed by atoms with van der Waals surface area (Å²) in [5.74, 6) is -0.268. The molecule has 1 saturated heterocycles. The molecular formula is C14H14N4O3.